The molecule has 0 aliphatic heterocycles. The Labute approximate surface area is 113 Å². The van der Waals surface area contributed by atoms with Crippen LogP contribution in [-0.2, 0) is 23.6 Å². The molecule has 1 atom stereocenters. The van der Waals surface area contributed by atoms with Crippen molar-refractivity contribution in [2.75, 3.05) is 7.05 Å². The molecule has 0 aliphatic carbocycles. The van der Waals surface area contributed by atoms with Crippen LogP contribution in [0.15, 0.2) is 12.4 Å². The van der Waals surface area contributed by atoms with E-state index in [0.717, 1.165) is 0 Å². The third-order valence-corrected chi connectivity index (χ3v) is 5.51. The number of rotatable bonds is 6. The number of nitrogens with two attached hydrogens (primary N) is 1. The summed E-state index contributed by atoms with van der Waals surface area (Å²) in [6, 6.07) is 0. The second-order valence-corrected chi connectivity index (χ2v) is 6.75. The van der Waals surface area contributed by atoms with E-state index in [1.54, 1.807) is 23.9 Å². The van der Waals surface area contributed by atoms with Gasteiger partial charge >= 0.3 is 0 Å². The lowest BCUT2D eigenvalue weighted by Crippen LogP contribution is -2.42. The molecule has 8 heteroatoms. The van der Waals surface area contributed by atoms with Crippen molar-refractivity contribution >= 4 is 27.2 Å². The van der Waals surface area contributed by atoms with Crippen molar-refractivity contribution < 1.29 is 8.42 Å². The topological polar surface area (TPSA) is 81.2 Å². The molecule has 0 saturated heterocycles. The van der Waals surface area contributed by atoms with E-state index >= 15 is 0 Å². The first-order valence-corrected chi connectivity index (χ1v) is 7.42. The molecule has 0 aromatic carbocycles. The lowest BCUT2D eigenvalue weighted by Gasteiger charge is -2.22. The summed E-state index contributed by atoms with van der Waals surface area (Å²) in [5.41, 5.74) is 5.48. The Morgan fingerprint density at radius 2 is 2.28 bits per heavy atom. The zero-order valence-electron chi connectivity index (χ0n) is 10.7. The minimum absolute atomic E-state index is 0.00388. The third-order valence-electron chi connectivity index (χ3n) is 2.77. The zero-order chi connectivity index (χ0) is 13.9. The van der Waals surface area contributed by atoms with E-state index in [-0.39, 0.29) is 11.5 Å². The smallest absolute Gasteiger partial charge is 0.223 e. The Hall–Kier alpha value is -0.990. The summed E-state index contributed by atoms with van der Waals surface area (Å²) in [6.07, 6.45) is 3.75. The first-order chi connectivity index (χ1) is 8.30. The van der Waals surface area contributed by atoms with Crippen LogP contribution in [0, 0.1) is 0 Å². The van der Waals surface area contributed by atoms with Crippen LogP contribution in [0.1, 0.15) is 19.2 Å². The highest BCUT2D eigenvalue weighted by Gasteiger charge is 2.31. The van der Waals surface area contributed by atoms with Crippen LogP contribution in [-0.4, -0.2) is 39.6 Å². The quantitative estimate of drug-likeness (QED) is 0.759. The van der Waals surface area contributed by atoms with Crippen molar-refractivity contribution in [3.8, 4) is 0 Å². The Morgan fingerprint density at radius 3 is 2.67 bits per heavy atom. The standard InChI is InChI=1S/C10H18N4O2S2/c1-4-8(10(11)17)18(15,16)14(3)7-9-12-5-6-13(9)2/h5-6,8H,4,7H2,1-3H3,(H2,11,17). The molecule has 1 rings (SSSR count). The molecule has 0 aliphatic rings. The van der Waals surface area contributed by atoms with Crippen molar-refractivity contribution in [1.82, 2.24) is 13.9 Å². The number of hydrogen-bond donors (Lipinski definition) is 1. The maximum Gasteiger partial charge on any atom is 0.223 e. The van der Waals surface area contributed by atoms with Crippen LogP contribution in [0.3, 0.4) is 0 Å². The van der Waals surface area contributed by atoms with E-state index in [9.17, 15) is 8.42 Å². The Kier molecular flexibility index (Phi) is 4.83. The fourth-order valence-electron chi connectivity index (χ4n) is 1.61. The van der Waals surface area contributed by atoms with Gasteiger partial charge in [-0.1, -0.05) is 19.1 Å². The van der Waals surface area contributed by atoms with Crippen LogP contribution in [0.4, 0.5) is 0 Å². The number of aromatic nitrogens is 2. The number of hydrogen-bond acceptors (Lipinski definition) is 4. The molecule has 1 unspecified atom stereocenters. The van der Waals surface area contributed by atoms with Crippen LogP contribution >= 0.6 is 12.2 Å². The molecular weight excluding hydrogens is 272 g/mol. The van der Waals surface area contributed by atoms with Crippen LogP contribution in [0.5, 0.6) is 0 Å². The van der Waals surface area contributed by atoms with Gasteiger partial charge in [-0.25, -0.2) is 13.4 Å². The molecular formula is C10H18N4O2S2. The minimum atomic E-state index is -3.53. The molecule has 102 valence electrons. The van der Waals surface area contributed by atoms with E-state index in [4.69, 9.17) is 18.0 Å². The van der Waals surface area contributed by atoms with Gasteiger partial charge in [0.05, 0.1) is 11.5 Å². The van der Waals surface area contributed by atoms with Gasteiger partial charge in [0.1, 0.15) is 11.1 Å². The van der Waals surface area contributed by atoms with Gasteiger partial charge < -0.3 is 10.3 Å². The normalized spacial score (nSPS) is 13.8. The summed E-state index contributed by atoms with van der Waals surface area (Å²) in [4.78, 5) is 4.10. The molecule has 0 radical (unpaired) electrons. The number of thiocarbonyl (C=S) groups is 1. The highest BCUT2D eigenvalue weighted by atomic mass is 32.2. The van der Waals surface area contributed by atoms with Gasteiger partial charge in [-0.3, -0.25) is 0 Å². The van der Waals surface area contributed by atoms with Gasteiger partial charge in [0.25, 0.3) is 0 Å². The lowest BCUT2D eigenvalue weighted by molar-refractivity contribution is 0.446. The van der Waals surface area contributed by atoms with Gasteiger partial charge in [0.2, 0.25) is 10.0 Å². The van der Waals surface area contributed by atoms with Crippen molar-refractivity contribution in [3.05, 3.63) is 18.2 Å². The maximum absolute atomic E-state index is 12.3. The van der Waals surface area contributed by atoms with Gasteiger partial charge in [0, 0.05) is 26.5 Å². The minimum Gasteiger partial charge on any atom is -0.392 e. The molecule has 0 amide bonds. The summed E-state index contributed by atoms with van der Waals surface area (Å²) in [5.74, 6) is 0.666. The Bertz CT molecular complexity index is 524. The van der Waals surface area contributed by atoms with Gasteiger partial charge in [0.15, 0.2) is 0 Å². The van der Waals surface area contributed by atoms with E-state index < -0.39 is 15.3 Å². The number of imidazole rings is 1. The van der Waals surface area contributed by atoms with Crippen molar-refractivity contribution in [2.24, 2.45) is 12.8 Å². The predicted octanol–water partition coefficient (Wildman–Crippen LogP) is 0.246. The summed E-state index contributed by atoms with van der Waals surface area (Å²) >= 11 is 4.81. The number of sulfonamides is 1. The maximum atomic E-state index is 12.3. The van der Waals surface area contributed by atoms with Crippen molar-refractivity contribution in [3.63, 3.8) is 0 Å². The summed E-state index contributed by atoms with van der Waals surface area (Å²) in [6.45, 7) is 1.95. The first kappa shape index (κ1) is 15.1. The molecule has 0 saturated carbocycles. The first-order valence-electron chi connectivity index (χ1n) is 5.51. The van der Waals surface area contributed by atoms with Crippen molar-refractivity contribution in [1.29, 1.82) is 0 Å². The molecule has 1 aromatic rings. The predicted molar refractivity (Wildman–Crippen MR) is 74.5 cm³/mol. The second kappa shape index (κ2) is 5.77. The highest BCUT2D eigenvalue weighted by Crippen LogP contribution is 2.13. The van der Waals surface area contributed by atoms with E-state index in [2.05, 4.69) is 4.98 Å². The summed E-state index contributed by atoms with van der Waals surface area (Å²) in [5, 5.41) is -0.822. The average Bonchev–Trinajstić information content (AvgIpc) is 2.64. The Balaban J connectivity index is 2.92. The third kappa shape index (κ3) is 3.06. The molecule has 1 heterocycles. The molecule has 0 fully saturated rings. The number of aryl methyl sites for hydroxylation is 1. The zero-order valence-corrected chi connectivity index (χ0v) is 12.3. The summed E-state index contributed by atoms with van der Waals surface area (Å²) < 4.78 is 27.5. The highest BCUT2D eigenvalue weighted by molar-refractivity contribution is 7.92. The summed E-state index contributed by atoms with van der Waals surface area (Å²) in [7, 11) is -0.211. The fraction of sp³-hybridized carbons (Fsp3) is 0.600. The monoisotopic (exact) mass is 290 g/mol. The lowest BCUT2D eigenvalue weighted by atomic mass is 10.3. The molecule has 0 bridgehead atoms. The SMILES string of the molecule is CCC(C(N)=S)S(=O)(=O)N(C)Cc1nccn1C. The van der Waals surface area contributed by atoms with Gasteiger partial charge in [-0.15, -0.1) is 0 Å². The van der Waals surface area contributed by atoms with Crippen molar-refractivity contribution in [2.45, 2.75) is 25.1 Å². The molecule has 18 heavy (non-hydrogen) atoms. The van der Waals surface area contributed by atoms with Crippen LogP contribution in [0.2, 0.25) is 0 Å². The van der Waals surface area contributed by atoms with E-state index in [1.807, 2.05) is 7.05 Å². The molecule has 6 nitrogen and oxygen atoms in total. The van der Waals surface area contributed by atoms with Gasteiger partial charge in [-0.2, -0.15) is 4.31 Å². The second-order valence-electron chi connectivity index (χ2n) is 4.05. The average molecular weight is 290 g/mol. The largest absolute Gasteiger partial charge is 0.392 e. The van der Waals surface area contributed by atoms with E-state index in [0.29, 0.717) is 12.2 Å². The molecule has 0 spiro atoms. The van der Waals surface area contributed by atoms with Gasteiger partial charge in [-0.05, 0) is 6.42 Å². The van der Waals surface area contributed by atoms with E-state index in [1.165, 1.54) is 11.4 Å². The van der Waals surface area contributed by atoms with Crippen LogP contribution in [0.25, 0.3) is 0 Å². The molecule has 1 aromatic heterocycles. The molecule has 2 N–H and O–H groups in total. The number of nitrogens with zero attached hydrogens (tertiary/aromatic N) is 3. The van der Waals surface area contributed by atoms with Crippen LogP contribution < -0.4 is 5.73 Å². The fourth-order valence-corrected chi connectivity index (χ4v) is 3.59. The Morgan fingerprint density at radius 1 is 1.67 bits per heavy atom.